The highest BCUT2D eigenvalue weighted by molar-refractivity contribution is 5.92. The minimum Gasteiger partial charge on any atom is -0.481 e. The lowest BCUT2D eigenvalue weighted by molar-refractivity contribution is -0.146. The zero-order chi connectivity index (χ0) is 19.6. The van der Waals surface area contributed by atoms with Crippen LogP contribution in [0.4, 0.5) is 4.79 Å². The van der Waals surface area contributed by atoms with E-state index in [9.17, 15) is 33.7 Å². The second-order valence-electron chi connectivity index (χ2n) is 4.79. The van der Waals surface area contributed by atoms with Crippen molar-refractivity contribution in [3.8, 4) is 0 Å². The van der Waals surface area contributed by atoms with E-state index < -0.39 is 73.4 Å². The molecule has 0 aliphatic carbocycles. The number of nitroso groups, excluding NO2 is 1. The number of carboxylic acids is 2. The fourth-order valence-corrected chi connectivity index (χ4v) is 1.68. The van der Waals surface area contributed by atoms with E-state index >= 15 is 0 Å². The first-order chi connectivity index (χ1) is 11.6. The molecule has 0 rings (SSSR count). The fourth-order valence-electron chi connectivity index (χ4n) is 1.68. The first-order valence-electron chi connectivity index (χ1n) is 6.66. The van der Waals surface area contributed by atoms with Gasteiger partial charge < -0.3 is 26.0 Å². The first kappa shape index (κ1) is 21.6. The summed E-state index contributed by atoms with van der Waals surface area (Å²) in [5.41, 5.74) is 0. The molecule has 5 N–H and O–H groups in total. The molecular formula is C12H15N3O10. The minimum absolute atomic E-state index is 0.745. The monoisotopic (exact) mass is 361 g/mol. The van der Waals surface area contributed by atoms with E-state index in [-0.39, 0.29) is 0 Å². The molecule has 0 aliphatic heterocycles. The van der Waals surface area contributed by atoms with Crippen molar-refractivity contribution in [2.45, 2.75) is 25.3 Å². The van der Waals surface area contributed by atoms with Crippen molar-refractivity contribution in [3.63, 3.8) is 0 Å². The van der Waals surface area contributed by atoms with Gasteiger partial charge in [0.05, 0.1) is 5.92 Å². The van der Waals surface area contributed by atoms with Crippen LogP contribution >= 0.6 is 0 Å². The van der Waals surface area contributed by atoms with Crippen LogP contribution in [0.1, 0.15) is 19.3 Å². The number of amides is 3. The predicted octanol–water partition coefficient (Wildman–Crippen LogP) is -1.44. The number of carbonyl (C=O) groups is 6. The van der Waals surface area contributed by atoms with Gasteiger partial charge in [0.1, 0.15) is 18.4 Å². The highest BCUT2D eigenvalue weighted by atomic mass is 16.4. The number of carbonyl (C=O) groups excluding carboxylic acids is 3. The summed E-state index contributed by atoms with van der Waals surface area (Å²) in [5, 5.41) is 31.7. The number of hydrogen-bond acceptors (Lipinski definition) is 7. The normalized spacial score (nSPS) is 12.3. The molecule has 0 radical (unpaired) electrons. The van der Waals surface area contributed by atoms with Crippen LogP contribution in [0.15, 0.2) is 5.18 Å². The predicted molar refractivity (Wildman–Crippen MR) is 76.4 cm³/mol. The Kier molecular flexibility index (Phi) is 9.00. The van der Waals surface area contributed by atoms with Gasteiger partial charge in [0.15, 0.2) is 0 Å². The molecule has 138 valence electrons. The molecule has 0 spiro atoms. The molecule has 13 nitrogen and oxygen atoms in total. The summed E-state index contributed by atoms with van der Waals surface area (Å²) in [6, 6.07) is -1.72. The topological polar surface area (TPSA) is 217 Å². The Morgan fingerprint density at radius 1 is 0.880 bits per heavy atom. The van der Waals surface area contributed by atoms with Gasteiger partial charge in [-0.2, -0.15) is 0 Å². The lowest BCUT2D eigenvalue weighted by Gasteiger charge is -2.15. The first-order valence-corrected chi connectivity index (χ1v) is 6.66. The summed E-state index contributed by atoms with van der Waals surface area (Å²) >= 11 is 0. The maximum atomic E-state index is 11.8. The summed E-state index contributed by atoms with van der Waals surface area (Å²) in [6.07, 6.45) is -3.88. The summed E-state index contributed by atoms with van der Waals surface area (Å²) < 4.78 is 0. The third-order valence-electron chi connectivity index (χ3n) is 2.81. The Labute approximate surface area is 139 Å². The third kappa shape index (κ3) is 9.37. The number of Topliss-reactive ketones (excluding diaryl/α,β-unsaturated/α-hetero) is 1. The number of carboxylic acid groups (broad SMARTS) is 3. The van der Waals surface area contributed by atoms with Crippen LogP contribution in [0, 0.1) is 10.8 Å². The number of nitrogens with one attached hydrogen (secondary N) is 2. The summed E-state index contributed by atoms with van der Waals surface area (Å²) in [7, 11) is 0. The Morgan fingerprint density at radius 3 is 1.92 bits per heavy atom. The van der Waals surface area contributed by atoms with Gasteiger partial charge in [-0.3, -0.25) is 19.2 Å². The van der Waals surface area contributed by atoms with Crippen LogP contribution < -0.4 is 10.6 Å². The molecule has 0 unspecified atom stereocenters. The van der Waals surface area contributed by atoms with E-state index in [2.05, 4.69) is 0 Å². The number of nitrogens with zero attached hydrogens (tertiary/aromatic N) is 1. The molecule has 13 heteroatoms. The number of aliphatic carboxylic acids is 2. The van der Waals surface area contributed by atoms with Crippen LogP contribution in [-0.2, 0) is 24.0 Å². The van der Waals surface area contributed by atoms with Crippen molar-refractivity contribution in [2.75, 3.05) is 6.54 Å². The second-order valence-corrected chi connectivity index (χ2v) is 4.79. The van der Waals surface area contributed by atoms with Gasteiger partial charge in [0, 0.05) is 24.4 Å². The van der Waals surface area contributed by atoms with Gasteiger partial charge in [0.2, 0.25) is 5.91 Å². The van der Waals surface area contributed by atoms with Crippen molar-refractivity contribution in [3.05, 3.63) is 4.91 Å². The Balaban J connectivity index is 4.76. The van der Waals surface area contributed by atoms with Crippen LogP contribution in [0.2, 0.25) is 0 Å². The standard InChI is InChI=1S/C12H15N3O10/c16-6(1-5(10(19)20)2-8(17)15-25)3-7(11(21)22)14-9(18)4-13-12(23)24/h5,7,13H,1-4H2,(H,14,18)(H,19,20)(H,21,22)(H,23,24)/t5-,7-/m1/s1. The maximum absolute atomic E-state index is 11.8. The maximum Gasteiger partial charge on any atom is 0.405 e. The van der Waals surface area contributed by atoms with Crippen molar-refractivity contribution in [1.82, 2.24) is 10.6 Å². The van der Waals surface area contributed by atoms with E-state index in [0.717, 1.165) is 0 Å². The minimum atomic E-state index is -1.72. The molecule has 0 aromatic rings. The molecule has 2 atom stereocenters. The molecule has 0 saturated heterocycles. The molecule has 25 heavy (non-hydrogen) atoms. The lowest BCUT2D eigenvalue weighted by Crippen LogP contribution is -2.46. The number of ketones is 1. The van der Waals surface area contributed by atoms with E-state index in [1.165, 1.54) is 0 Å². The van der Waals surface area contributed by atoms with E-state index in [0.29, 0.717) is 0 Å². The van der Waals surface area contributed by atoms with Crippen molar-refractivity contribution >= 4 is 35.6 Å². The summed E-state index contributed by atoms with van der Waals surface area (Å²) in [5.74, 6) is -7.90. The molecule has 0 aromatic heterocycles. The van der Waals surface area contributed by atoms with Gasteiger partial charge in [-0.05, 0) is 0 Å². The Hall–Kier alpha value is -3.38. The van der Waals surface area contributed by atoms with Crippen LogP contribution in [-0.4, -0.2) is 63.5 Å². The largest absolute Gasteiger partial charge is 0.481 e. The van der Waals surface area contributed by atoms with E-state index in [4.69, 9.17) is 15.3 Å². The van der Waals surface area contributed by atoms with E-state index in [1.807, 2.05) is 10.5 Å². The lowest BCUT2D eigenvalue weighted by atomic mass is 9.95. The molecule has 0 aromatic carbocycles. The molecule has 0 saturated carbocycles. The number of hydrogen-bond donors (Lipinski definition) is 5. The average Bonchev–Trinajstić information content (AvgIpc) is 2.51. The van der Waals surface area contributed by atoms with Gasteiger partial charge in [0.25, 0.3) is 5.91 Å². The Morgan fingerprint density at radius 2 is 1.48 bits per heavy atom. The molecule has 0 aliphatic rings. The fraction of sp³-hybridized carbons (Fsp3) is 0.500. The summed E-state index contributed by atoms with van der Waals surface area (Å²) in [4.78, 5) is 76.2. The molecule has 0 heterocycles. The average molecular weight is 361 g/mol. The SMILES string of the molecule is O=NC(=O)C[C@@H](CC(=O)C[C@@H](NC(=O)CNC(=O)O)C(=O)O)C(=O)O. The van der Waals surface area contributed by atoms with Gasteiger partial charge in [-0.25, -0.2) is 9.59 Å². The smallest absolute Gasteiger partial charge is 0.405 e. The highest BCUT2D eigenvalue weighted by Gasteiger charge is 2.28. The molecular weight excluding hydrogens is 346 g/mol. The molecule has 0 fully saturated rings. The second kappa shape index (κ2) is 10.4. The third-order valence-corrected chi connectivity index (χ3v) is 2.81. The van der Waals surface area contributed by atoms with Gasteiger partial charge in [-0.15, -0.1) is 4.91 Å². The van der Waals surface area contributed by atoms with Crippen molar-refractivity contribution in [1.29, 1.82) is 0 Å². The Bertz CT molecular complexity index is 588. The quantitative estimate of drug-likeness (QED) is 0.270. The van der Waals surface area contributed by atoms with Crippen LogP contribution in [0.5, 0.6) is 0 Å². The zero-order valence-electron chi connectivity index (χ0n) is 12.6. The summed E-state index contributed by atoms with van der Waals surface area (Å²) in [6.45, 7) is -0.745. The molecule has 3 amide bonds. The van der Waals surface area contributed by atoms with Gasteiger partial charge in [-0.1, -0.05) is 0 Å². The van der Waals surface area contributed by atoms with Crippen molar-refractivity contribution < 1.29 is 44.1 Å². The zero-order valence-corrected chi connectivity index (χ0v) is 12.6. The number of rotatable bonds is 11. The van der Waals surface area contributed by atoms with E-state index in [1.54, 1.807) is 5.32 Å². The van der Waals surface area contributed by atoms with Crippen LogP contribution in [0.3, 0.4) is 0 Å². The molecule has 0 bridgehead atoms. The van der Waals surface area contributed by atoms with Crippen LogP contribution in [0.25, 0.3) is 0 Å². The van der Waals surface area contributed by atoms with Gasteiger partial charge >= 0.3 is 18.0 Å². The highest BCUT2D eigenvalue weighted by Crippen LogP contribution is 2.13. The van der Waals surface area contributed by atoms with Crippen molar-refractivity contribution in [2.24, 2.45) is 11.1 Å².